The SMILES string of the molecule is Cc1cccc(CN2C[C@@H]3C[C@H](C2)c2cccc(=O)n2C3)c1. The van der Waals surface area contributed by atoms with E-state index in [1.54, 1.807) is 6.07 Å². The normalized spacial score (nSPS) is 24.0. The van der Waals surface area contributed by atoms with Gasteiger partial charge < -0.3 is 4.57 Å². The van der Waals surface area contributed by atoms with Gasteiger partial charge in [0.15, 0.2) is 0 Å². The predicted octanol–water partition coefficient (Wildman–Crippen LogP) is 2.78. The van der Waals surface area contributed by atoms with Gasteiger partial charge >= 0.3 is 0 Å². The summed E-state index contributed by atoms with van der Waals surface area (Å²) in [6.45, 7) is 6.22. The molecular formula is C19H22N2O. The largest absolute Gasteiger partial charge is 0.312 e. The Hall–Kier alpha value is -1.87. The molecule has 1 aromatic carbocycles. The summed E-state index contributed by atoms with van der Waals surface area (Å²) in [5.41, 5.74) is 4.12. The van der Waals surface area contributed by atoms with Crippen LogP contribution in [0.25, 0.3) is 0 Å². The molecule has 3 heterocycles. The molecule has 0 N–H and O–H groups in total. The van der Waals surface area contributed by atoms with Gasteiger partial charge in [-0.1, -0.05) is 35.9 Å². The number of nitrogens with zero attached hydrogens (tertiary/aromatic N) is 2. The number of piperidine rings is 1. The number of rotatable bonds is 2. The lowest BCUT2D eigenvalue weighted by atomic mass is 9.83. The summed E-state index contributed by atoms with van der Waals surface area (Å²) in [6.07, 6.45) is 1.23. The molecule has 0 spiro atoms. The number of aryl methyl sites for hydroxylation is 1. The smallest absolute Gasteiger partial charge is 0.250 e. The molecule has 0 radical (unpaired) electrons. The average Bonchev–Trinajstić information content (AvgIpc) is 2.48. The van der Waals surface area contributed by atoms with Crippen LogP contribution in [0.2, 0.25) is 0 Å². The molecule has 3 heteroatoms. The lowest BCUT2D eigenvalue weighted by molar-refractivity contribution is 0.114. The Bertz CT molecular complexity index is 749. The second kappa shape index (κ2) is 5.40. The zero-order valence-electron chi connectivity index (χ0n) is 13.0. The Morgan fingerprint density at radius 3 is 2.82 bits per heavy atom. The van der Waals surface area contributed by atoms with Crippen LogP contribution >= 0.6 is 0 Å². The second-order valence-electron chi connectivity index (χ2n) is 6.88. The molecule has 2 aliphatic rings. The minimum absolute atomic E-state index is 0.166. The van der Waals surface area contributed by atoms with Crippen molar-refractivity contribution < 1.29 is 0 Å². The molecule has 3 nitrogen and oxygen atoms in total. The van der Waals surface area contributed by atoms with E-state index in [0.717, 1.165) is 26.2 Å². The van der Waals surface area contributed by atoms with E-state index < -0.39 is 0 Å². The predicted molar refractivity (Wildman–Crippen MR) is 88.0 cm³/mol. The molecule has 0 amide bonds. The van der Waals surface area contributed by atoms with Gasteiger partial charge in [-0.25, -0.2) is 0 Å². The van der Waals surface area contributed by atoms with Crippen molar-refractivity contribution in [1.29, 1.82) is 0 Å². The lowest BCUT2D eigenvalue weighted by Gasteiger charge is -2.42. The van der Waals surface area contributed by atoms with Crippen LogP contribution in [0.5, 0.6) is 0 Å². The Balaban J connectivity index is 1.57. The number of aromatic nitrogens is 1. The number of hydrogen-bond acceptors (Lipinski definition) is 2. The molecular weight excluding hydrogens is 272 g/mol. The van der Waals surface area contributed by atoms with Gasteiger partial charge in [0.05, 0.1) is 0 Å². The maximum absolute atomic E-state index is 12.1. The van der Waals surface area contributed by atoms with Crippen molar-refractivity contribution in [3.05, 3.63) is 69.6 Å². The molecule has 2 atom stereocenters. The summed E-state index contributed by atoms with van der Waals surface area (Å²) < 4.78 is 2.00. The van der Waals surface area contributed by atoms with E-state index >= 15 is 0 Å². The molecule has 22 heavy (non-hydrogen) atoms. The topological polar surface area (TPSA) is 25.2 Å². The molecule has 1 fully saturated rings. The average molecular weight is 294 g/mol. The highest BCUT2D eigenvalue weighted by atomic mass is 16.1. The van der Waals surface area contributed by atoms with E-state index in [0.29, 0.717) is 11.8 Å². The molecule has 114 valence electrons. The molecule has 1 saturated heterocycles. The van der Waals surface area contributed by atoms with Crippen LogP contribution in [-0.2, 0) is 13.1 Å². The fourth-order valence-electron chi connectivity index (χ4n) is 4.19. The van der Waals surface area contributed by atoms with E-state index in [4.69, 9.17) is 0 Å². The summed E-state index contributed by atoms with van der Waals surface area (Å²) in [4.78, 5) is 14.6. The fourth-order valence-corrected chi connectivity index (χ4v) is 4.19. The van der Waals surface area contributed by atoms with Crippen molar-refractivity contribution in [2.45, 2.75) is 32.4 Å². The van der Waals surface area contributed by atoms with Crippen molar-refractivity contribution in [2.75, 3.05) is 13.1 Å². The van der Waals surface area contributed by atoms with Gasteiger partial charge in [0.25, 0.3) is 5.56 Å². The van der Waals surface area contributed by atoms with E-state index in [1.807, 2.05) is 10.6 Å². The quantitative estimate of drug-likeness (QED) is 0.851. The molecule has 2 aromatic rings. The Kier molecular flexibility index (Phi) is 3.38. The highest BCUT2D eigenvalue weighted by molar-refractivity contribution is 5.23. The van der Waals surface area contributed by atoms with Crippen LogP contribution in [-0.4, -0.2) is 22.6 Å². The van der Waals surface area contributed by atoms with Crippen LogP contribution in [0.4, 0.5) is 0 Å². The maximum Gasteiger partial charge on any atom is 0.250 e. The molecule has 0 unspecified atom stereocenters. The van der Waals surface area contributed by atoms with Crippen LogP contribution in [0.1, 0.15) is 29.2 Å². The van der Waals surface area contributed by atoms with Gasteiger partial charge in [-0.2, -0.15) is 0 Å². The Labute approximate surface area is 131 Å². The summed E-state index contributed by atoms with van der Waals surface area (Å²) >= 11 is 0. The van der Waals surface area contributed by atoms with Crippen LogP contribution in [0.3, 0.4) is 0 Å². The molecule has 0 aliphatic carbocycles. The van der Waals surface area contributed by atoms with Crippen molar-refractivity contribution in [3.63, 3.8) is 0 Å². The summed E-state index contributed by atoms with van der Waals surface area (Å²) in [6, 6.07) is 14.5. The minimum atomic E-state index is 0.166. The van der Waals surface area contributed by atoms with E-state index in [1.165, 1.54) is 23.2 Å². The zero-order valence-corrected chi connectivity index (χ0v) is 13.0. The van der Waals surface area contributed by atoms with Gasteiger partial charge in [0.1, 0.15) is 0 Å². The first kappa shape index (κ1) is 13.8. The van der Waals surface area contributed by atoms with Crippen LogP contribution in [0, 0.1) is 12.8 Å². The van der Waals surface area contributed by atoms with E-state index in [-0.39, 0.29) is 5.56 Å². The number of benzene rings is 1. The monoisotopic (exact) mass is 294 g/mol. The second-order valence-corrected chi connectivity index (χ2v) is 6.88. The molecule has 2 aliphatic heterocycles. The zero-order chi connectivity index (χ0) is 15.1. The first-order chi connectivity index (χ1) is 10.7. The molecule has 2 bridgehead atoms. The van der Waals surface area contributed by atoms with Gasteiger partial charge in [0, 0.05) is 43.9 Å². The third kappa shape index (κ3) is 2.50. The summed E-state index contributed by atoms with van der Waals surface area (Å²) in [7, 11) is 0. The van der Waals surface area contributed by atoms with Crippen molar-refractivity contribution in [3.8, 4) is 0 Å². The Morgan fingerprint density at radius 1 is 1.09 bits per heavy atom. The minimum Gasteiger partial charge on any atom is -0.312 e. The number of hydrogen-bond donors (Lipinski definition) is 0. The van der Waals surface area contributed by atoms with E-state index in [9.17, 15) is 4.79 Å². The lowest BCUT2D eigenvalue weighted by Crippen LogP contribution is -2.46. The highest BCUT2D eigenvalue weighted by Gasteiger charge is 2.34. The fraction of sp³-hybridized carbons (Fsp3) is 0.421. The van der Waals surface area contributed by atoms with Crippen LogP contribution < -0.4 is 5.56 Å². The maximum atomic E-state index is 12.1. The van der Waals surface area contributed by atoms with Gasteiger partial charge in [-0.3, -0.25) is 9.69 Å². The molecule has 0 saturated carbocycles. The first-order valence-electron chi connectivity index (χ1n) is 8.17. The number of pyridine rings is 1. The number of fused-ring (bicyclic) bond motifs is 4. The van der Waals surface area contributed by atoms with Crippen molar-refractivity contribution >= 4 is 0 Å². The highest BCUT2D eigenvalue weighted by Crippen LogP contribution is 2.35. The molecule has 1 aromatic heterocycles. The van der Waals surface area contributed by atoms with Crippen molar-refractivity contribution in [2.24, 2.45) is 5.92 Å². The summed E-state index contributed by atoms with van der Waals surface area (Å²) in [5.74, 6) is 1.11. The van der Waals surface area contributed by atoms with Gasteiger partial charge in [0.2, 0.25) is 0 Å². The van der Waals surface area contributed by atoms with Crippen molar-refractivity contribution in [1.82, 2.24) is 9.47 Å². The van der Waals surface area contributed by atoms with Crippen LogP contribution in [0.15, 0.2) is 47.3 Å². The third-order valence-corrected chi connectivity index (χ3v) is 5.04. The summed E-state index contributed by atoms with van der Waals surface area (Å²) in [5, 5.41) is 0. The first-order valence-corrected chi connectivity index (χ1v) is 8.17. The van der Waals surface area contributed by atoms with E-state index in [2.05, 4.69) is 42.2 Å². The number of likely N-dealkylation sites (tertiary alicyclic amines) is 1. The van der Waals surface area contributed by atoms with Gasteiger partial charge in [-0.05, 0) is 30.9 Å². The standard InChI is InChI=1S/C19H22N2O/c1-14-4-2-5-15(8-14)10-20-11-16-9-17(13-20)18-6-3-7-19(22)21(18)12-16/h2-8,16-17H,9-13H2,1H3/t16-,17+/m0/s1. The van der Waals surface area contributed by atoms with Gasteiger partial charge in [-0.15, -0.1) is 0 Å². The Morgan fingerprint density at radius 2 is 1.95 bits per heavy atom. The third-order valence-electron chi connectivity index (χ3n) is 5.04. The molecule has 4 rings (SSSR count).